The van der Waals surface area contributed by atoms with Crippen LogP contribution in [0.2, 0.25) is 0 Å². The standard InChI is InChI=1S/C26H28N2O4/c1-2-31-18-19-32-24-15-9-7-13-22(24)26(30)28-23-14-8-6-12-21(23)25(29)27-17-16-20-10-4-3-5-11-20/h3-15H,2,16-19H2,1H3,(H,27,29)(H,28,30). The lowest BCUT2D eigenvalue weighted by Crippen LogP contribution is -2.27. The van der Waals surface area contributed by atoms with Crippen molar-refractivity contribution in [1.29, 1.82) is 0 Å². The van der Waals surface area contributed by atoms with Crippen molar-refractivity contribution in [3.05, 3.63) is 95.6 Å². The Labute approximate surface area is 188 Å². The third-order valence-corrected chi connectivity index (χ3v) is 4.78. The summed E-state index contributed by atoms with van der Waals surface area (Å²) in [6.07, 6.45) is 0.730. The molecule has 3 rings (SSSR count). The summed E-state index contributed by atoms with van der Waals surface area (Å²) in [5, 5.41) is 5.77. The van der Waals surface area contributed by atoms with E-state index in [9.17, 15) is 9.59 Å². The first-order chi connectivity index (χ1) is 15.7. The first-order valence-electron chi connectivity index (χ1n) is 10.7. The minimum atomic E-state index is -0.346. The molecule has 6 heteroatoms. The Balaban J connectivity index is 1.64. The molecule has 0 radical (unpaired) electrons. The first kappa shape index (κ1) is 23.0. The maximum absolute atomic E-state index is 12.9. The van der Waals surface area contributed by atoms with Crippen LogP contribution in [0.3, 0.4) is 0 Å². The highest BCUT2D eigenvalue weighted by Crippen LogP contribution is 2.21. The largest absolute Gasteiger partial charge is 0.490 e. The number of rotatable bonds is 11. The van der Waals surface area contributed by atoms with E-state index in [0.29, 0.717) is 48.9 Å². The Kier molecular flexibility index (Phi) is 8.83. The van der Waals surface area contributed by atoms with Crippen molar-refractivity contribution >= 4 is 17.5 Å². The Morgan fingerprint density at radius 3 is 2.25 bits per heavy atom. The number of carbonyl (C=O) groups excluding carboxylic acids is 2. The molecule has 0 aliphatic carbocycles. The van der Waals surface area contributed by atoms with Crippen LogP contribution < -0.4 is 15.4 Å². The molecule has 0 saturated carbocycles. The van der Waals surface area contributed by atoms with Gasteiger partial charge in [0.25, 0.3) is 11.8 Å². The van der Waals surface area contributed by atoms with E-state index in [0.717, 1.165) is 12.0 Å². The van der Waals surface area contributed by atoms with Crippen LogP contribution in [0.25, 0.3) is 0 Å². The number of para-hydroxylation sites is 2. The summed E-state index contributed by atoms with van der Waals surface area (Å²) in [7, 11) is 0. The van der Waals surface area contributed by atoms with Crippen LogP contribution in [0.15, 0.2) is 78.9 Å². The van der Waals surface area contributed by atoms with Gasteiger partial charge in [-0.25, -0.2) is 0 Å². The van der Waals surface area contributed by atoms with Gasteiger partial charge >= 0.3 is 0 Å². The van der Waals surface area contributed by atoms with Crippen molar-refractivity contribution in [3.63, 3.8) is 0 Å². The minimum absolute atomic E-state index is 0.238. The zero-order chi connectivity index (χ0) is 22.6. The smallest absolute Gasteiger partial charge is 0.259 e. The second-order valence-electron chi connectivity index (χ2n) is 7.03. The summed E-state index contributed by atoms with van der Waals surface area (Å²) >= 11 is 0. The summed E-state index contributed by atoms with van der Waals surface area (Å²) in [6.45, 7) is 3.81. The van der Waals surface area contributed by atoms with Crippen LogP contribution in [-0.2, 0) is 11.2 Å². The van der Waals surface area contributed by atoms with Crippen LogP contribution in [0.5, 0.6) is 5.75 Å². The van der Waals surface area contributed by atoms with E-state index in [2.05, 4.69) is 10.6 Å². The lowest BCUT2D eigenvalue weighted by molar-refractivity contribution is 0.0955. The molecule has 6 nitrogen and oxygen atoms in total. The molecule has 2 amide bonds. The molecule has 0 atom stereocenters. The van der Waals surface area contributed by atoms with E-state index in [1.807, 2.05) is 37.3 Å². The molecule has 3 aromatic carbocycles. The lowest BCUT2D eigenvalue weighted by atomic mass is 10.1. The van der Waals surface area contributed by atoms with Gasteiger partial charge in [-0.3, -0.25) is 9.59 Å². The van der Waals surface area contributed by atoms with Crippen LogP contribution in [0.4, 0.5) is 5.69 Å². The van der Waals surface area contributed by atoms with Gasteiger partial charge in [0, 0.05) is 13.2 Å². The molecule has 0 saturated heterocycles. The van der Waals surface area contributed by atoms with Gasteiger partial charge in [-0.15, -0.1) is 0 Å². The topological polar surface area (TPSA) is 76.7 Å². The minimum Gasteiger partial charge on any atom is -0.490 e. The molecule has 0 unspecified atom stereocenters. The fourth-order valence-electron chi connectivity index (χ4n) is 3.18. The monoisotopic (exact) mass is 432 g/mol. The number of hydrogen-bond donors (Lipinski definition) is 2. The van der Waals surface area contributed by atoms with Crippen LogP contribution in [-0.4, -0.2) is 38.2 Å². The molecule has 0 spiro atoms. The van der Waals surface area contributed by atoms with Gasteiger partial charge < -0.3 is 20.1 Å². The van der Waals surface area contributed by atoms with E-state index in [-0.39, 0.29) is 11.8 Å². The van der Waals surface area contributed by atoms with E-state index < -0.39 is 0 Å². The molecule has 0 fully saturated rings. The SMILES string of the molecule is CCOCCOc1ccccc1C(=O)Nc1ccccc1C(=O)NCCc1ccccc1. The highest BCUT2D eigenvalue weighted by molar-refractivity contribution is 6.10. The first-order valence-corrected chi connectivity index (χ1v) is 10.7. The number of carbonyl (C=O) groups is 2. The second kappa shape index (κ2) is 12.3. The van der Waals surface area contributed by atoms with Gasteiger partial charge in [0.2, 0.25) is 0 Å². The number of benzene rings is 3. The van der Waals surface area contributed by atoms with Crippen LogP contribution in [0, 0.1) is 0 Å². The van der Waals surface area contributed by atoms with Crippen molar-refractivity contribution in [2.24, 2.45) is 0 Å². The van der Waals surface area contributed by atoms with Crippen LogP contribution >= 0.6 is 0 Å². The highest BCUT2D eigenvalue weighted by atomic mass is 16.5. The lowest BCUT2D eigenvalue weighted by Gasteiger charge is -2.14. The summed E-state index contributed by atoms with van der Waals surface area (Å²) in [4.78, 5) is 25.7. The molecule has 0 aliphatic heterocycles. The van der Waals surface area contributed by atoms with Gasteiger partial charge in [-0.1, -0.05) is 54.6 Å². The van der Waals surface area contributed by atoms with Crippen molar-refractivity contribution < 1.29 is 19.1 Å². The molecule has 3 aromatic rings. The molecular formula is C26H28N2O4. The number of hydrogen-bond acceptors (Lipinski definition) is 4. The molecule has 0 aromatic heterocycles. The molecule has 2 N–H and O–H groups in total. The highest BCUT2D eigenvalue weighted by Gasteiger charge is 2.16. The average molecular weight is 433 g/mol. The number of amides is 2. The third kappa shape index (κ3) is 6.68. The predicted molar refractivity (Wildman–Crippen MR) is 125 cm³/mol. The van der Waals surface area contributed by atoms with Crippen molar-refractivity contribution in [2.75, 3.05) is 31.7 Å². The maximum Gasteiger partial charge on any atom is 0.259 e. The summed E-state index contributed by atoms with van der Waals surface area (Å²) in [6, 6.07) is 23.9. The van der Waals surface area contributed by atoms with Gasteiger partial charge in [-0.2, -0.15) is 0 Å². The Bertz CT molecular complexity index is 1020. The quantitative estimate of drug-likeness (QED) is 0.442. The summed E-state index contributed by atoms with van der Waals surface area (Å²) in [5.41, 5.74) is 2.39. The van der Waals surface area contributed by atoms with Crippen molar-refractivity contribution in [3.8, 4) is 5.75 Å². The number of nitrogens with one attached hydrogen (secondary N) is 2. The molecule has 0 heterocycles. The normalized spacial score (nSPS) is 10.4. The number of ether oxygens (including phenoxy) is 2. The fourth-order valence-corrected chi connectivity index (χ4v) is 3.18. The van der Waals surface area contributed by atoms with Crippen molar-refractivity contribution in [2.45, 2.75) is 13.3 Å². The molecule has 166 valence electrons. The Hall–Kier alpha value is -3.64. The average Bonchev–Trinajstić information content (AvgIpc) is 2.83. The van der Waals surface area contributed by atoms with E-state index in [4.69, 9.17) is 9.47 Å². The fraction of sp³-hybridized carbons (Fsp3) is 0.231. The Morgan fingerprint density at radius 2 is 1.47 bits per heavy atom. The predicted octanol–water partition coefficient (Wildman–Crippen LogP) is 4.33. The third-order valence-electron chi connectivity index (χ3n) is 4.78. The number of anilines is 1. The van der Waals surface area contributed by atoms with Crippen LogP contribution in [0.1, 0.15) is 33.2 Å². The summed E-state index contributed by atoms with van der Waals surface area (Å²) < 4.78 is 11.0. The molecule has 0 bridgehead atoms. The molecule has 0 aliphatic rings. The second-order valence-corrected chi connectivity index (χ2v) is 7.03. The van der Waals surface area contributed by atoms with Gasteiger partial charge in [0.1, 0.15) is 12.4 Å². The van der Waals surface area contributed by atoms with Crippen molar-refractivity contribution in [1.82, 2.24) is 5.32 Å². The Morgan fingerprint density at radius 1 is 0.781 bits per heavy atom. The van der Waals surface area contributed by atoms with Gasteiger partial charge in [0.05, 0.1) is 23.4 Å². The van der Waals surface area contributed by atoms with Gasteiger partial charge in [-0.05, 0) is 43.2 Å². The van der Waals surface area contributed by atoms with E-state index in [1.165, 1.54) is 0 Å². The summed E-state index contributed by atoms with van der Waals surface area (Å²) in [5.74, 6) is -0.117. The maximum atomic E-state index is 12.9. The zero-order valence-corrected chi connectivity index (χ0v) is 18.2. The van der Waals surface area contributed by atoms with E-state index >= 15 is 0 Å². The molecule has 32 heavy (non-hydrogen) atoms. The van der Waals surface area contributed by atoms with Gasteiger partial charge in [0.15, 0.2) is 0 Å². The zero-order valence-electron chi connectivity index (χ0n) is 18.2. The molecular weight excluding hydrogens is 404 g/mol. The van der Waals surface area contributed by atoms with E-state index in [1.54, 1.807) is 48.5 Å².